The van der Waals surface area contributed by atoms with Crippen LogP contribution in [0.2, 0.25) is 0 Å². The summed E-state index contributed by atoms with van der Waals surface area (Å²) >= 11 is 0. The van der Waals surface area contributed by atoms with Gasteiger partial charge in [0.15, 0.2) is 0 Å². The lowest BCUT2D eigenvalue weighted by Crippen LogP contribution is -2.15. The van der Waals surface area contributed by atoms with E-state index in [9.17, 15) is 0 Å². The molecular weight excluding hydrogens is 544 g/mol. The fraction of sp³-hybridized carbons (Fsp3) is 0.0698. The second-order valence-corrected chi connectivity index (χ2v) is 13.0. The molecule has 0 unspecified atom stereocenters. The molecule has 45 heavy (non-hydrogen) atoms. The quantitative estimate of drug-likeness (QED) is 0.183. The van der Waals surface area contributed by atoms with Gasteiger partial charge in [-0.2, -0.15) is 0 Å². The van der Waals surface area contributed by atoms with Crippen LogP contribution in [0.1, 0.15) is 25.0 Å². The summed E-state index contributed by atoms with van der Waals surface area (Å²) < 4.78 is 0. The number of nitrogens with zero attached hydrogens (tertiary/aromatic N) is 2. The molecule has 1 aliphatic rings. The standard InChI is InChI=1S/C43H28N2/c1-43(2)37-23-34-30-14-6-4-12-28(30)27-11-3-5-13-29(27)33(34)22-36(37)40-32-16-8-7-15-31(32)35(24-38(40)43)39-20-19-26-18-17-25-10-9-21-44-41(25)42(26)45-39/h3-24H,1-2H3. The van der Waals surface area contributed by atoms with E-state index in [1.807, 2.05) is 12.3 Å². The van der Waals surface area contributed by atoms with Gasteiger partial charge in [0, 0.05) is 27.9 Å². The highest BCUT2D eigenvalue weighted by Gasteiger charge is 2.38. The number of benzene rings is 7. The number of hydrogen-bond acceptors (Lipinski definition) is 2. The molecule has 2 heteroatoms. The average Bonchev–Trinajstić information content (AvgIpc) is 3.32. The zero-order valence-corrected chi connectivity index (χ0v) is 25.1. The Hall–Kier alpha value is -5.60. The van der Waals surface area contributed by atoms with Crippen LogP contribution in [0.3, 0.4) is 0 Å². The van der Waals surface area contributed by atoms with Crippen molar-refractivity contribution in [3.63, 3.8) is 0 Å². The van der Waals surface area contributed by atoms with Crippen molar-refractivity contribution in [3.05, 3.63) is 145 Å². The minimum absolute atomic E-state index is 0.185. The predicted octanol–water partition coefficient (Wildman–Crippen LogP) is 11.4. The van der Waals surface area contributed by atoms with E-state index in [1.165, 1.54) is 70.9 Å². The van der Waals surface area contributed by atoms with Crippen molar-refractivity contribution in [2.75, 3.05) is 0 Å². The van der Waals surface area contributed by atoms with Crippen LogP contribution in [-0.2, 0) is 5.41 Å². The summed E-state index contributed by atoms with van der Waals surface area (Å²) in [7, 11) is 0. The first-order valence-corrected chi connectivity index (χ1v) is 15.7. The summed E-state index contributed by atoms with van der Waals surface area (Å²) in [5.74, 6) is 0. The molecule has 0 saturated carbocycles. The lowest BCUT2D eigenvalue weighted by molar-refractivity contribution is 0.662. The van der Waals surface area contributed by atoms with Crippen molar-refractivity contribution < 1.29 is 0 Å². The van der Waals surface area contributed by atoms with Gasteiger partial charge in [0.05, 0.1) is 16.7 Å². The lowest BCUT2D eigenvalue weighted by Gasteiger charge is -2.23. The molecule has 0 N–H and O–H groups in total. The Morgan fingerprint density at radius 2 is 1.02 bits per heavy atom. The molecule has 210 valence electrons. The Balaban J connectivity index is 1.30. The van der Waals surface area contributed by atoms with E-state index in [0.717, 1.165) is 27.5 Å². The fourth-order valence-corrected chi connectivity index (χ4v) is 8.06. The maximum Gasteiger partial charge on any atom is 0.0972 e. The topological polar surface area (TPSA) is 25.8 Å². The highest BCUT2D eigenvalue weighted by atomic mass is 14.8. The molecule has 2 nitrogen and oxygen atoms in total. The normalized spacial score (nSPS) is 13.7. The molecule has 10 rings (SSSR count). The van der Waals surface area contributed by atoms with Gasteiger partial charge in [0.2, 0.25) is 0 Å². The summed E-state index contributed by atoms with van der Waals surface area (Å²) in [5.41, 5.74) is 9.28. The van der Waals surface area contributed by atoms with E-state index in [-0.39, 0.29) is 5.41 Å². The summed E-state index contributed by atoms with van der Waals surface area (Å²) in [6.45, 7) is 4.77. The third kappa shape index (κ3) is 3.29. The monoisotopic (exact) mass is 572 g/mol. The SMILES string of the molecule is CC1(C)c2cc3c4ccccc4c4ccccc4c3cc2-c2c1cc(-c1ccc3ccc4cccnc4c3n1)c1ccccc21. The second kappa shape index (κ2) is 8.74. The largest absolute Gasteiger partial charge is 0.254 e. The van der Waals surface area contributed by atoms with Crippen LogP contribution >= 0.6 is 0 Å². The number of rotatable bonds is 1. The maximum atomic E-state index is 5.30. The van der Waals surface area contributed by atoms with Crippen LogP contribution in [0.15, 0.2) is 134 Å². The first kappa shape index (κ1) is 24.8. The van der Waals surface area contributed by atoms with Crippen molar-refractivity contribution in [2.24, 2.45) is 0 Å². The molecule has 1 aliphatic carbocycles. The van der Waals surface area contributed by atoms with Crippen LogP contribution in [0.5, 0.6) is 0 Å². The first-order valence-electron chi connectivity index (χ1n) is 15.7. The van der Waals surface area contributed by atoms with Gasteiger partial charge in [-0.25, -0.2) is 4.98 Å². The molecule has 0 fully saturated rings. The Morgan fingerprint density at radius 1 is 0.444 bits per heavy atom. The van der Waals surface area contributed by atoms with Crippen LogP contribution in [0.4, 0.5) is 0 Å². The zero-order chi connectivity index (χ0) is 29.9. The van der Waals surface area contributed by atoms with E-state index in [1.54, 1.807) is 0 Å². The number of aromatic nitrogens is 2. The van der Waals surface area contributed by atoms with Crippen LogP contribution in [0, 0.1) is 0 Å². The van der Waals surface area contributed by atoms with Crippen LogP contribution in [0.25, 0.3) is 87.3 Å². The van der Waals surface area contributed by atoms with Crippen LogP contribution in [-0.4, -0.2) is 9.97 Å². The molecule has 0 spiro atoms. The van der Waals surface area contributed by atoms with Gasteiger partial charge in [-0.05, 0) is 95.7 Å². The van der Waals surface area contributed by atoms with E-state index >= 15 is 0 Å². The molecule has 2 heterocycles. The summed E-state index contributed by atoms with van der Waals surface area (Å²) in [6, 6.07) is 46.7. The van der Waals surface area contributed by atoms with Gasteiger partial charge >= 0.3 is 0 Å². The molecule has 0 bridgehead atoms. The second-order valence-electron chi connectivity index (χ2n) is 13.0. The van der Waals surface area contributed by atoms with E-state index in [0.29, 0.717) is 0 Å². The Kier molecular flexibility index (Phi) is 4.82. The molecule has 0 atom stereocenters. The number of fused-ring (bicyclic) bond motifs is 14. The molecule has 9 aromatic rings. The third-order valence-corrected chi connectivity index (χ3v) is 10.3. The minimum Gasteiger partial charge on any atom is -0.254 e. The van der Waals surface area contributed by atoms with E-state index in [4.69, 9.17) is 9.97 Å². The average molecular weight is 573 g/mol. The van der Waals surface area contributed by atoms with Gasteiger partial charge in [-0.1, -0.05) is 111 Å². The minimum atomic E-state index is -0.185. The highest BCUT2D eigenvalue weighted by molar-refractivity contribution is 6.26. The molecule has 0 amide bonds. The molecule has 7 aromatic carbocycles. The molecule has 2 aromatic heterocycles. The van der Waals surface area contributed by atoms with Crippen molar-refractivity contribution >= 4 is 64.9 Å². The Morgan fingerprint density at radius 3 is 1.73 bits per heavy atom. The first-order chi connectivity index (χ1) is 22.1. The summed E-state index contributed by atoms with van der Waals surface area (Å²) in [4.78, 5) is 10.0. The van der Waals surface area contributed by atoms with Crippen molar-refractivity contribution in [1.82, 2.24) is 9.97 Å². The lowest BCUT2D eigenvalue weighted by atomic mass is 9.80. The van der Waals surface area contributed by atoms with Crippen LogP contribution < -0.4 is 0 Å². The molecular formula is C43H28N2. The van der Waals surface area contributed by atoms with E-state index < -0.39 is 0 Å². The van der Waals surface area contributed by atoms with E-state index in [2.05, 4.69) is 135 Å². The van der Waals surface area contributed by atoms with Crippen molar-refractivity contribution in [3.8, 4) is 22.4 Å². The fourth-order valence-electron chi connectivity index (χ4n) is 8.06. The summed E-state index contributed by atoms with van der Waals surface area (Å²) in [6.07, 6.45) is 1.86. The Bertz CT molecular complexity index is 2730. The third-order valence-electron chi connectivity index (χ3n) is 10.3. The zero-order valence-electron chi connectivity index (χ0n) is 25.1. The van der Waals surface area contributed by atoms with Crippen molar-refractivity contribution in [1.29, 1.82) is 0 Å². The van der Waals surface area contributed by atoms with Gasteiger partial charge in [-0.3, -0.25) is 4.98 Å². The smallest absolute Gasteiger partial charge is 0.0972 e. The molecule has 0 aliphatic heterocycles. The summed E-state index contributed by atoms with van der Waals surface area (Å²) in [5, 5.41) is 12.6. The van der Waals surface area contributed by atoms with Gasteiger partial charge < -0.3 is 0 Å². The predicted molar refractivity (Wildman–Crippen MR) is 190 cm³/mol. The Labute approximate surface area is 260 Å². The number of hydrogen-bond donors (Lipinski definition) is 0. The van der Waals surface area contributed by atoms with Gasteiger partial charge in [0.1, 0.15) is 0 Å². The highest BCUT2D eigenvalue weighted by Crippen LogP contribution is 2.55. The number of pyridine rings is 2. The molecule has 0 saturated heterocycles. The maximum absolute atomic E-state index is 5.30. The van der Waals surface area contributed by atoms with Gasteiger partial charge in [0.25, 0.3) is 0 Å². The van der Waals surface area contributed by atoms with Crippen molar-refractivity contribution in [2.45, 2.75) is 19.3 Å². The molecule has 0 radical (unpaired) electrons. The van der Waals surface area contributed by atoms with Gasteiger partial charge in [-0.15, -0.1) is 0 Å².